The van der Waals surface area contributed by atoms with Gasteiger partial charge in [0.2, 0.25) is 0 Å². The summed E-state index contributed by atoms with van der Waals surface area (Å²) in [4.78, 5) is 2.46. The fourth-order valence-electron chi connectivity index (χ4n) is 1.57. The van der Waals surface area contributed by atoms with Crippen LogP contribution in [0.15, 0.2) is 0 Å². The predicted molar refractivity (Wildman–Crippen MR) is 44.2 cm³/mol. The minimum Gasteiger partial charge on any atom is -0.315 e. The van der Waals surface area contributed by atoms with Crippen LogP contribution in [0.1, 0.15) is 19.8 Å². The predicted octanol–water partition coefficient (Wildman–Crippen LogP) is 0.690. The molecule has 1 heterocycles. The third-order valence-corrected chi connectivity index (χ3v) is 2.39. The van der Waals surface area contributed by atoms with Gasteiger partial charge in [-0.15, -0.1) is 0 Å². The van der Waals surface area contributed by atoms with Gasteiger partial charge in [-0.2, -0.15) is 0 Å². The Labute approximate surface area is 63.6 Å². The number of hydrogen-bond acceptors (Lipinski definition) is 2. The second-order valence-electron chi connectivity index (χ2n) is 3.08. The Kier molecular flexibility index (Phi) is 3.16. The highest BCUT2D eigenvalue weighted by molar-refractivity contribution is 4.72. The second-order valence-corrected chi connectivity index (χ2v) is 3.08. The molecule has 0 saturated carbocycles. The summed E-state index contributed by atoms with van der Waals surface area (Å²) in [6, 6.07) is 0.815. The molecule has 1 aliphatic rings. The summed E-state index contributed by atoms with van der Waals surface area (Å²) < 4.78 is 0. The Morgan fingerprint density at radius 2 is 2.30 bits per heavy atom. The highest BCUT2D eigenvalue weighted by Gasteiger charge is 2.13. The minimum atomic E-state index is 0.815. The quantitative estimate of drug-likeness (QED) is 0.579. The molecule has 1 rings (SSSR count). The molecular formula is C8H18N2. The van der Waals surface area contributed by atoms with Gasteiger partial charge in [-0.25, -0.2) is 0 Å². The first-order chi connectivity index (χ1) is 4.84. The molecule has 1 fully saturated rings. The van der Waals surface area contributed by atoms with Crippen molar-refractivity contribution in [1.29, 1.82) is 0 Å². The van der Waals surface area contributed by atoms with Gasteiger partial charge >= 0.3 is 0 Å². The van der Waals surface area contributed by atoms with Crippen LogP contribution in [0.25, 0.3) is 0 Å². The van der Waals surface area contributed by atoms with E-state index in [0.29, 0.717) is 0 Å². The molecule has 0 spiro atoms. The molecule has 0 bridgehead atoms. The van der Waals surface area contributed by atoms with Crippen molar-refractivity contribution < 1.29 is 0 Å². The molecule has 1 atom stereocenters. The Morgan fingerprint density at radius 3 is 3.00 bits per heavy atom. The molecule has 60 valence electrons. The number of rotatable bonds is 1. The second kappa shape index (κ2) is 3.94. The van der Waals surface area contributed by atoms with Crippen LogP contribution in [0.4, 0.5) is 0 Å². The van der Waals surface area contributed by atoms with E-state index in [1.807, 2.05) is 0 Å². The van der Waals surface area contributed by atoms with Crippen molar-refractivity contribution in [1.82, 2.24) is 10.2 Å². The first-order valence-electron chi connectivity index (χ1n) is 4.25. The fourth-order valence-corrected chi connectivity index (χ4v) is 1.57. The highest BCUT2D eigenvalue weighted by atomic mass is 15.2. The van der Waals surface area contributed by atoms with Gasteiger partial charge in [0.15, 0.2) is 0 Å². The summed E-state index contributed by atoms with van der Waals surface area (Å²) in [6.45, 7) is 5.83. The first kappa shape index (κ1) is 8.02. The lowest BCUT2D eigenvalue weighted by atomic mass is 10.1. The molecule has 2 heteroatoms. The maximum absolute atomic E-state index is 3.40. The topological polar surface area (TPSA) is 15.3 Å². The van der Waals surface area contributed by atoms with Gasteiger partial charge in [0, 0.05) is 19.1 Å². The molecule has 1 saturated heterocycles. The van der Waals surface area contributed by atoms with E-state index in [1.54, 1.807) is 0 Å². The molecule has 0 radical (unpaired) electrons. The molecule has 0 aromatic rings. The molecular weight excluding hydrogens is 124 g/mol. The van der Waals surface area contributed by atoms with Crippen molar-refractivity contribution in [2.45, 2.75) is 25.8 Å². The lowest BCUT2D eigenvalue weighted by Gasteiger charge is -2.23. The summed E-state index contributed by atoms with van der Waals surface area (Å²) >= 11 is 0. The van der Waals surface area contributed by atoms with Crippen molar-refractivity contribution in [2.24, 2.45) is 0 Å². The van der Waals surface area contributed by atoms with Crippen LogP contribution in [0.2, 0.25) is 0 Å². The number of likely N-dealkylation sites (N-methyl/N-ethyl adjacent to an activating group) is 1. The zero-order valence-corrected chi connectivity index (χ0v) is 7.06. The molecule has 10 heavy (non-hydrogen) atoms. The van der Waals surface area contributed by atoms with Gasteiger partial charge < -0.3 is 10.2 Å². The van der Waals surface area contributed by atoms with Crippen molar-refractivity contribution in [3.8, 4) is 0 Å². The lowest BCUT2D eigenvalue weighted by molar-refractivity contribution is 0.248. The standard InChI is InChI=1S/C8H18N2/c1-3-8-4-5-9-6-7-10(8)2/h8-9H,3-7H2,1-2H3/t8-/m0/s1. The number of nitrogens with one attached hydrogen (secondary N) is 1. The van der Waals surface area contributed by atoms with Crippen LogP contribution in [0.5, 0.6) is 0 Å². The van der Waals surface area contributed by atoms with Crippen LogP contribution >= 0.6 is 0 Å². The van der Waals surface area contributed by atoms with Crippen molar-refractivity contribution in [2.75, 3.05) is 26.7 Å². The molecule has 0 unspecified atom stereocenters. The summed E-state index contributed by atoms with van der Waals surface area (Å²) in [5.41, 5.74) is 0. The van der Waals surface area contributed by atoms with Crippen molar-refractivity contribution >= 4 is 0 Å². The van der Waals surface area contributed by atoms with E-state index in [-0.39, 0.29) is 0 Å². The van der Waals surface area contributed by atoms with Gasteiger partial charge in [0.05, 0.1) is 0 Å². The summed E-state index contributed by atoms with van der Waals surface area (Å²) in [5, 5.41) is 3.40. The third kappa shape index (κ3) is 1.96. The average Bonchev–Trinajstić information content (AvgIpc) is 2.13. The number of nitrogens with zero attached hydrogens (tertiary/aromatic N) is 1. The van der Waals surface area contributed by atoms with Gasteiger partial charge in [-0.1, -0.05) is 6.92 Å². The summed E-state index contributed by atoms with van der Waals surface area (Å²) in [7, 11) is 2.22. The maximum Gasteiger partial charge on any atom is 0.0107 e. The third-order valence-electron chi connectivity index (χ3n) is 2.39. The zero-order valence-electron chi connectivity index (χ0n) is 7.06. The smallest absolute Gasteiger partial charge is 0.0107 e. The largest absolute Gasteiger partial charge is 0.315 e. The Bertz CT molecular complexity index is 93.3. The molecule has 0 aliphatic carbocycles. The average molecular weight is 142 g/mol. The summed E-state index contributed by atoms with van der Waals surface area (Å²) in [5.74, 6) is 0. The SMILES string of the molecule is CC[C@H]1CCNCCN1C. The zero-order chi connectivity index (χ0) is 7.40. The molecule has 0 amide bonds. The van der Waals surface area contributed by atoms with Gasteiger partial charge in [0.1, 0.15) is 0 Å². The molecule has 1 N–H and O–H groups in total. The van der Waals surface area contributed by atoms with Crippen LogP contribution in [-0.2, 0) is 0 Å². The Balaban J connectivity index is 2.35. The van der Waals surface area contributed by atoms with E-state index >= 15 is 0 Å². The molecule has 2 nitrogen and oxygen atoms in total. The van der Waals surface area contributed by atoms with Crippen LogP contribution < -0.4 is 5.32 Å². The van der Waals surface area contributed by atoms with E-state index in [4.69, 9.17) is 0 Å². The van der Waals surface area contributed by atoms with E-state index in [9.17, 15) is 0 Å². The van der Waals surface area contributed by atoms with Crippen molar-refractivity contribution in [3.63, 3.8) is 0 Å². The summed E-state index contributed by atoms with van der Waals surface area (Å²) in [6.07, 6.45) is 2.60. The normalized spacial score (nSPS) is 30.0. The van der Waals surface area contributed by atoms with E-state index < -0.39 is 0 Å². The highest BCUT2D eigenvalue weighted by Crippen LogP contribution is 2.06. The molecule has 1 aliphatic heterocycles. The maximum atomic E-state index is 3.40. The van der Waals surface area contributed by atoms with Gasteiger partial charge in [0.25, 0.3) is 0 Å². The van der Waals surface area contributed by atoms with Gasteiger partial charge in [-0.3, -0.25) is 0 Å². The number of hydrogen-bond donors (Lipinski definition) is 1. The Morgan fingerprint density at radius 1 is 1.50 bits per heavy atom. The van der Waals surface area contributed by atoms with Crippen LogP contribution in [0, 0.1) is 0 Å². The first-order valence-corrected chi connectivity index (χ1v) is 4.25. The Hall–Kier alpha value is -0.0800. The fraction of sp³-hybridized carbons (Fsp3) is 1.00. The van der Waals surface area contributed by atoms with Crippen LogP contribution in [-0.4, -0.2) is 37.6 Å². The van der Waals surface area contributed by atoms with Gasteiger partial charge in [-0.05, 0) is 26.4 Å². The molecule has 0 aromatic heterocycles. The lowest BCUT2D eigenvalue weighted by Crippen LogP contribution is -2.31. The minimum absolute atomic E-state index is 0.815. The van der Waals surface area contributed by atoms with Crippen LogP contribution in [0.3, 0.4) is 0 Å². The molecule has 0 aromatic carbocycles. The van der Waals surface area contributed by atoms with E-state index in [2.05, 4.69) is 24.2 Å². The van der Waals surface area contributed by atoms with Crippen molar-refractivity contribution in [3.05, 3.63) is 0 Å². The van der Waals surface area contributed by atoms with E-state index in [0.717, 1.165) is 12.6 Å². The monoisotopic (exact) mass is 142 g/mol. The van der Waals surface area contributed by atoms with E-state index in [1.165, 1.54) is 25.9 Å².